The van der Waals surface area contributed by atoms with Crippen LogP contribution in [0.3, 0.4) is 0 Å². The third-order valence-electron chi connectivity index (χ3n) is 3.51. The molecule has 3 rings (SSSR count). The molecule has 3 aromatic rings. The Labute approximate surface area is 148 Å². The van der Waals surface area contributed by atoms with Crippen molar-refractivity contribution in [1.29, 1.82) is 0 Å². The summed E-state index contributed by atoms with van der Waals surface area (Å²) in [5.41, 5.74) is 0.136. The SMILES string of the molecule is O=C(Nc1ccc(Br)cc1)C(=O)c1c(O)[nH]c2ccc([N+](=O)[O-])cc12. The molecule has 0 aliphatic rings. The molecule has 3 N–H and O–H groups in total. The number of nitro groups is 1. The van der Waals surface area contributed by atoms with E-state index in [1.807, 2.05) is 0 Å². The number of carbonyl (C=O) groups excluding carboxylic acids is 2. The van der Waals surface area contributed by atoms with Crippen LogP contribution < -0.4 is 5.32 Å². The molecule has 2 aromatic carbocycles. The highest BCUT2D eigenvalue weighted by molar-refractivity contribution is 9.10. The summed E-state index contributed by atoms with van der Waals surface area (Å²) in [4.78, 5) is 37.4. The fourth-order valence-corrected chi connectivity index (χ4v) is 2.61. The van der Waals surface area contributed by atoms with E-state index in [2.05, 4.69) is 26.2 Å². The summed E-state index contributed by atoms with van der Waals surface area (Å²) >= 11 is 3.26. The van der Waals surface area contributed by atoms with Gasteiger partial charge in [0.1, 0.15) is 0 Å². The molecule has 0 aliphatic heterocycles. The molecular weight excluding hydrogens is 394 g/mol. The highest BCUT2D eigenvalue weighted by Gasteiger charge is 2.26. The number of benzene rings is 2. The van der Waals surface area contributed by atoms with E-state index in [-0.39, 0.29) is 16.6 Å². The number of fused-ring (bicyclic) bond motifs is 1. The highest BCUT2D eigenvalue weighted by atomic mass is 79.9. The number of amides is 1. The molecule has 0 saturated heterocycles. The molecule has 9 heteroatoms. The third kappa shape index (κ3) is 3.22. The Morgan fingerprint density at radius 1 is 1.16 bits per heavy atom. The maximum Gasteiger partial charge on any atom is 0.297 e. The van der Waals surface area contributed by atoms with Gasteiger partial charge in [-0.2, -0.15) is 0 Å². The van der Waals surface area contributed by atoms with Crippen LogP contribution in [0.1, 0.15) is 10.4 Å². The fraction of sp³-hybridized carbons (Fsp3) is 0. The van der Waals surface area contributed by atoms with Crippen LogP contribution in [0.15, 0.2) is 46.9 Å². The van der Waals surface area contributed by atoms with Gasteiger partial charge in [-0.15, -0.1) is 0 Å². The standard InChI is InChI=1S/C16H10BrN3O5/c17-8-1-3-9(4-2-8)18-16(23)14(21)13-11-7-10(20(24)25)5-6-12(11)19-15(13)22/h1-7,19,22H,(H,18,23). The van der Waals surface area contributed by atoms with Gasteiger partial charge in [-0.05, 0) is 30.3 Å². The number of aromatic nitrogens is 1. The predicted molar refractivity (Wildman–Crippen MR) is 93.7 cm³/mol. The zero-order chi connectivity index (χ0) is 18.1. The summed E-state index contributed by atoms with van der Waals surface area (Å²) in [6.07, 6.45) is 0. The van der Waals surface area contributed by atoms with Gasteiger partial charge in [-0.1, -0.05) is 15.9 Å². The Balaban J connectivity index is 1.96. The van der Waals surface area contributed by atoms with Crippen molar-refractivity contribution < 1.29 is 19.6 Å². The Kier molecular flexibility index (Phi) is 4.24. The van der Waals surface area contributed by atoms with Crippen LogP contribution in [0.4, 0.5) is 11.4 Å². The lowest BCUT2D eigenvalue weighted by molar-refractivity contribution is -0.384. The number of hydrogen-bond donors (Lipinski definition) is 3. The van der Waals surface area contributed by atoms with Gasteiger partial charge in [0.15, 0.2) is 0 Å². The number of anilines is 1. The average Bonchev–Trinajstić information content (AvgIpc) is 2.91. The molecule has 0 atom stereocenters. The topological polar surface area (TPSA) is 125 Å². The van der Waals surface area contributed by atoms with Crippen molar-refractivity contribution >= 4 is 49.9 Å². The van der Waals surface area contributed by atoms with Crippen molar-refractivity contribution in [2.75, 3.05) is 5.32 Å². The van der Waals surface area contributed by atoms with Crippen molar-refractivity contribution in [3.63, 3.8) is 0 Å². The summed E-state index contributed by atoms with van der Waals surface area (Å²) in [7, 11) is 0. The first kappa shape index (κ1) is 16.7. The van der Waals surface area contributed by atoms with Gasteiger partial charge in [0.2, 0.25) is 5.88 Å². The Morgan fingerprint density at radius 2 is 1.84 bits per heavy atom. The summed E-state index contributed by atoms with van der Waals surface area (Å²) < 4.78 is 0.804. The average molecular weight is 404 g/mol. The number of H-pyrrole nitrogens is 1. The van der Waals surface area contributed by atoms with Crippen LogP contribution in [0.2, 0.25) is 0 Å². The van der Waals surface area contributed by atoms with Gasteiger partial charge in [-0.25, -0.2) is 0 Å². The van der Waals surface area contributed by atoms with Gasteiger partial charge in [0.25, 0.3) is 17.4 Å². The lowest BCUT2D eigenvalue weighted by Gasteiger charge is -2.04. The third-order valence-corrected chi connectivity index (χ3v) is 4.04. The van der Waals surface area contributed by atoms with E-state index >= 15 is 0 Å². The summed E-state index contributed by atoms with van der Waals surface area (Å²) in [6, 6.07) is 10.3. The monoisotopic (exact) mass is 403 g/mol. The van der Waals surface area contributed by atoms with E-state index in [9.17, 15) is 24.8 Å². The van der Waals surface area contributed by atoms with Crippen LogP contribution in [0.25, 0.3) is 10.9 Å². The highest BCUT2D eigenvalue weighted by Crippen LogP contribution is 2.30. The van der Waals surface area contributed by atoms with Crippen molar-refractivity contribution in [2.45, 2.75) is 0 Å². The van der Waals surface area contributed by atoms with E-state index in [0.29, 0.717) is 11.2 Å². The maximum absolute atomic E-state index is 12.4. The van der Waals surface area contributed by atoms with Crippen molar-refractivity contribution in [3.8, 4) is 5.88 Å². The van der Waals surface area contributed by atoms with Crippen LogP contribution >= 0.6 is 15.9 Å². The number of carbonyl (C=O) groups is 2. The first-order valence-corrected chi connectivity index (χ1v) is 7.76. The second-order valence-electron chi connectivity index (χ2n) is 5.13. The van der Waals surface area contributed by atoms with Crippen LogP contribution in [-0.2, 0) is 4.79 Å². The molecule has 0 aliphatic carbocycles. The minimum absolute atomic E-state index is 0.0997. The van der Waals surface area contributed by atoms with Crippen LogP contribution in [0.5, 0.6) is 5.88 Å². The number of Topliss-reactive ketones (excluding diaryl/α,β-unsaturated/α-hetero) is 1. The minimum Gasteiger partial charge on any atom is -0.494 e. The molecule has 1 aromatic heterocycles. The number of nitrogens with one attached hydrogen (secondary N) is 2. The lowest BCUT2D eigenvalue weighted by atomic mass is 10.1. The van der Waals surface area contributed by atoms with E-state index in [0.717, 1.165) is 10.5 Å². The normalized spacial score (nSPS) is 10.6. The molecule has 0 radical (unpaired) electrons. The first-order valence-electron chi connectivity index (χ1n) is 6.97. The largest absolute Gasteiger partial charge is 0.494 e. The van der Waals surface area contributed by atoms with Crippen molar-refractivity contribution in [1.82, 2.24) is 4.98 Å². The number of ketones is 1. The molecule has 1 amide bonds. The molecular formula is C16H10BrN3O5. The molecule has 8 nitrogen and oxygen atoms in total. The first-order chi connectivity index (χ1) is 11.9. The smallest absolute Gasteiger partial charge is 0.297 e. The number of nitrogens with zero attached hydrogens (tertiary/aromatic N) is 1. The quantitative estimate of drug-likeness (QED) is 0.266. The number of aromatic hydroxyl groups is 1. The molecule has 0 fully saturated rings. The van der Waals surface area contributed by atoms with Gasteiger partial charge < -0.3 is 15.4 Å². The zero-order valence-corrected chi connectivity index (χ0v) is 14.0. The van der Waals surface area contributed by atoms with Gasteiger partial charge in [0.05, 0.1) is 10.5 Å². The molecule has 126 valence electrons. The summed E-state index contributed by atoms with van der Waals surface area (Å²) in [5, 5.41) is 23.4. The molecule has 0 bridgehead atoms. The summed E-state index contributed by atoms with van der Waals surface area (Å²) in [5.74, 6) is -2.50. The van der Waals surface area contributed by atoms with Gasteiger partial charge >= 0.3 is 0 Å². The number of hydrogen-bond acceptors (Lipinski definition) is 5. The van der Waals surface area contributed by atoms with E-state index < -0.39 is 22.5 Å². The molecule has 25 heavy (non-hydrogen) atoms. The molecule has 1 heterocycles. The fourth-order valence-electron chi connectivity index (χ4n) is 2.34. The van der Waals surface area contributed by atoms with Crippen LogP contribution in [0, 0.1) is 10.1 Å². The van der Waals surface area contributed by atoms with E-state index in [4.69, 9.17) is 0 Å². The van der Waals surface area contributed by atoms with Gasteiger partial charge in [0, 0.05) is 33.2 Å². The van der Waals surface area contributed by atoms with E-state index in [1.54, 1.807) is 24.3 Å². The number of nitro benzene ring substituents is 1. The Hall–Kier alpha value is -3.20. The van der Waals surface area contributed by atoms with Crippen molar-refractivity contribution in [3.05, 3.63) is 62.6 Å². The minimum atomic E-state index is -1.01. The number of halogens is 1. The molecule has 0 spiro atoms. The number of non-ortho nitro benzene ring substituents is 1. The predicted octanol–water partition coefficient (Wildman–Crippen LogP) is 3.37. The second kappa shape index (κ2) is 6.36. The van der Waals surface area contributed by atoms with E-state index in [1.165, 1.54) is 12.1 Å². The number of rotatable bonds is 4. The lowest BCUT2D eigenvalue weighted by Crippen LogP contribution is -2.22. The maximum atomic E-state index is 12.4. The van der Waals surface area contributed by atoms with Crippen LogP contribution in [-0.4, -0.2) is 26.7 Å². The molecule has 0 saturated carbocycles. The number of aromatic amines is 1. The van der Waals surface area contributed by atoms with Gasteiger partial charge in [-0.3, -0.25) is 19.7 Å². The second-order valence-corrected chi connectivity index (χ2v) is 6.04. The molecule has 0 unspecified atom stereocenters. The summed E-state index contributed by atoms with van der Waals surface area (Å²) in [6.45, 7) is 0. The van der Waals surface area contributed by atoms with Crippen molar-refractivity contribution in [2.24, 2.45) is 0 Å². The Morgan fingerprint density at radius 3 is 2.48 bits per heavy atom. The Bertz CT molecular complexity index is 1010. The zero-order valence-electron chi connectivity index (χ0n) is 12.4.